The summed E-state index contributed by atoms with van der Waals surface area (Å²) in [6.45, 7) is 3.20. The highest BCUT2D eigenvalue weighted by atomic mass is 35.5. The molecule has 0 radical (unpaired) electrons. The van der Waals surface area contributed by atoms with Crippen LogP contribution in [0.25, 0.3) is 0 Å². The standard InChI is InChI=1S/C15H21Cl2N3O.ClH/c16-13-2-1-11(9-14(13)17)10-20-7-4-12(5-8-20)19-15(21)3-6-18;/h1-2,9,12H,3-8,10,18H2,(H,19,21);1H. The van der Waals surface area contributed by atoms with Crippen molar-refractivity contribution in [2.75, 3.05) is 19.6 Å². The largest absolute Gasteiger partial charge is 0.353 e. The molecule has 0 bridgehead atoms. The van der Waals surface area contributed by atoms with Crippen LogP contribution < -0.4 is 11.1 Å². The molecule has 3 N–H and O–H groups in total. The van der Waals surface area contributed by atoms with E-state index < -0.39 is 0 Å². The number of likely N-dealkylation sites (tertiary alicyclic amines) is 1. The van der Waals surface area contributed by atoms with Crippen molar-refractivity contribution < 1.29 is 4.79 Å². The van der Waals surface area contributed by atoms with E-state index >= 15 is 0 Å². The second kappa shape index (κ2) is 9.58. The van der Waals surface area contributed by atoms with Crippen molar-refractivity contribution in [2.45, 2.75) is 31.8 Å². The van der Waals surface area contributed by atoms with Gasteiger partial charge in [-0.25, -0.2) is 0 Å². The summed E-state index contributed by atoms with van der Waals surface area (Å²) in [5.41, 5.74) is 6.54. The van der Waals surface area contributed by atoms with E-state index in [1.807, 2.05) is 18.2 Å². The molecule has 0 spiro atoms. The molecule has 124 valence electrons. The van der Waals surface area contributed by atoms with Gasteiger partial charge in [-0.2, -0.15) is 0 Å². The Kier molecular flexibility index (Phi) is 8.50. The highest BCUT2D eigenvalue weighted by Crippen LogP contribution is 2.24. The van der Waals surface area contributed by atoms with E-state index in [9.17, 15) is 4.79 Å². The maximum atomic E-state index is 11.5. The lowest BCUT2D eigenvalue weighted by Crippen LogP contribution is -2.44. The smallest absolute Gasteiger partial charge is 0.221 e. The number of nitrogens with two attached hydrogens (primary N) is 1. The van der Waals surface area contributed by atoms with E-state index in [-0.39, 0.29) is 24.4 Å². The number of hydrogen-bond donors (Lipinski definition) is 2. The lowest BCUT2D eigenvalue weighted by Gasteiger charge is -2.32. The molecule has 4 nitrogen and oxygen atoms in total. The first-order valence-corrected chi connectivity index (χ1v) is 8.00. The minimum absolute atomic E-state index is 0. The second-order valence-corrected chi connectivity index (χ2v) is 6.22. The average Bonchev–Trinajstić information content (AvgIpc) is 2.45. The predicted octanol–water partition coefficient (Wildman–Crippen LogP) is 2.84. The van der Waals surface area contributed by atoms with Crippen molar-refractivity contribution in [3.8, 4) is 0 Å². The molecule has 1 aromatic carbocycles. The van der Waals surface area contributed by atoms with Gasteiger partial charge in [-0.15, -0.1) is 12.4 Å². The molecule has 22 heavy (non-hydrogen) atoms. The maximum Gasteiger partial charge on any atom is 0.221 e. The number of hydrogen-bond acceptors (Lipinski definition) is 3. The van der Waals surface area contributed by atoms with Gasteiger partial charge in [0.2, 0.25) is 5.91 Å². The average molecular weight is 367 g/mol. The Labute approximate surface area is 147 Å². The number of carbonyl (C=O) groups excluding carboxylic acids is 1. The number of nitrogens with one attached hydrogen (secondary N) is 1. The Morgan fingerprint density at radius 3 is 2.55 bits per heavy atom. The fourth-order valence-electron chi connectivity index (χ4n) is 2.56. The first-order valence-electron chi connectivity index (χ1n) is 7.24. The predicted molar refractivity (Wildman–Crippen MR) is 93.8 cm³/mol. The molecule has 0 saturated carbocycles. The minimum Gasteiger partial charge on any atom is -0.353 e. The number of rotatable bonds is 5. The van der Waals surface area contributed by atoms with Gasteiger partial charge in [-0.1, -0.05) is 29.3 Å². The van der Waals surface area contributed by atoms with Crippen LogP contribution in [0.1, 0.15) is 24.8 Å². The van der Waals surface area contributed by atoms with E-state index in [0.29, 0.717) is 23.0 Å². The van der Waals surface area contributed by atoms with Crippen LogP contribution >= 0.6 is 35.6 Å². The highest BCUT2D eigenvalue weighted by molar-refractivity contribution is 6.42. The monoisotopic (exact) mass is 365 g/mol. The molecule has 1 fully saturated rings. The van der Waals surface area contributed by atoms with Crippen LogP contribution in [0.3, 0.4) is 0 Å². The van der Waals surface area contributed by atoms with Crippen LogP contribution in [0, 0.1) is 0 Å². The summed E-state index contributed by atoms with van der Waals surface area (Å²) in [6.07, 6.45) is 2.35. The van der Waals surface area contributed by atoms with Crippen LogP contribution in [0.15, 0.2) is 18.2 Å². The van der Waals surface area contributed by atoms with Crippen molar-refractivity contribution >= 4 is 41.5 Å². The SMILES string of the molecule is Cl.NCCC(=O)NC1CCN(Cc2ccc(Cl)c(Cl)c2)CC1. The number of benzene rings is 1. The quantitative estimate of drug-likeness (QED) is 0.842. The van der Waals surface area contributed by atoms with E-state index in [1.54, 1.807) is 0 Å². The van der Waals surface area contributed by atoms with Gasteiger partial charge in [0.15, 0.2) is 0 Å². The Morgan fingerprint density at radius 2 is 1.95 bits per heavy atom. The topological polar surface area (TPSA) is 58.4 Å². The Balaban J connectivity index is 0.00000242. The van der Waals surface area contributed by atoms with Crippen molar-refractivity contribution in [1.29, 1.82) is 0 Å². The molecule has 1 aromatic rings. The third kappa shape index (κ3) is 5.94. The number of nitrogens with zero attached hydrogens (tertiary/aromatic N) is 1. The first-order chi connectivity index (χ1) is 10.1. The molecule has 1 heterocycles. The molecule has 0 atom stereocenters. The highest BCUT2D eigenvalue weighted by Gasteiger charge is 2.20. The molecule has 0 aliphatic carbocycles. The van der Waals surface area contributed by atoms with Crippen LogP contribution in [-0.2, 0) is 11.3 Å². The molecule has 1 aliphatic rings. The molecule has 2 rings (SSSR count). The van der Waals surface area contributed by atoms with Gasteiger partial charge in [-0.05, 0) is 30.5 Å². The Bertz CT molecular complexity index is 491. The zero-order valence-corrected chi connectivity index (χ0v) is 14.7. The molecule has 0 aromatic heterocycles. The summed E-state index contributed by atoms with van der Waals surface area (Å²) in [7, 11) is 0. The maximum absolute atomic E-state index is 11.5. The van der Waals surface area contributed by atoms with E-state index in [2.05, 4.69) is 10.2 Å². The summed E-state index contributed by atoms with van der Waals surface area (Å²) in [5, 5.41) is 4.22. The lowest BCUT2D eigenvalue weighted by atomic mass is 10.0. The molecular formula is C15H22Cl3N3O. The second-order valence-electron chi connectivity index (χ2n) is 5.41. The van der Waals surface area contributed by atoms with Crippen LogP contribution in [0.2, 0.25) is 10.0 Å². The summed E-state index contributed by atoms with van der Waals surface area (Å²) in [6, 6.07) is 6.02. The first kappa shape index (κ1) is 19.5. The van der Waals surface area contributed by atoms with Gasteiger partial charge in [0.1, 0.15) is 0 Å². The minimum atomic E-state index is 0. The van der Waals surface area contributed by atoms with Gasteiger partial charge in [0, 0.05) is 38.6 Å². The fraction of sp³-hybridized carbons (Fsp3) is 0.533. The van der Waals surface area contributed by atoms with E-state index in [1.165, 1.54) is 0 Å². The van der Waals surface area contributed by atoms with E-state index in [0.717, 1.165) is 38.0 Å². The van der Waals surface area contributed by atoms with Gasteiger partial charge in [0.05, 0.1) is 10.0 Å². The molecule has 1 amide bonds. The molecule has 7 heteroatoms. The normalized spacial score (nSPS) is 16.1. The van der Waals surface area contributed by atoms with Crippen molar-refractivity contribution in [3.63, 3.8) is 0 Å². The number of amides is 1. The van der Waals surface area contributed by atoms with Gasteiger partial charge >= 0.3 is 0 Å². The summed E-state index contributed by atoms with van der Waals surface area (Å²) in [5.74, 6) is 0.0560. The van der Waals surface area contributed by atoms with Crippen molar-refractivity contribution in [1.82, 2.24) is 10.2 Å². The van der Waals surface area contributed by atoms with Crippen molar-refractivity contribution in [3.05, 3.63) is 33.8 Å². The fourth-order valence-corrected chi connectivity index (χ4v) is 2.88. The van der Waals surface area contributed by atoms with E-state index in [4.69, 9.17) is 28.9 Å². The molecule has 0 unspecified atom stereocenters. The number of halogens is 3. The van der Waals surface area contributed by atoms with Crippen LogP contribution in [0.5, 0.6) is 0 Å². The van der Waals surface area contributed by atoms with Crippen molar-refractivity contribution in [2.24, 2.45) is 5.73 Å². The molecule has 1 aliphatic heterocycles. The van der Waals surface area contributed by atoms with Gasteiger partial charge < -0.3 is 11.1 Å². The Hall–Kier alpha value is -0.520. The molecule has 1 saturated heterocycles. The van der Waals surface area contributed by atoms with Crippen LogP contribution in [-0.4, -0.2) is 36.5 Å². The third-order valence-corrected chi connectivity index (χ3v) is 4.45. The Morgan fingerprint density at radius 1 is 1.27 bits per heavy atom. The number of carbonyl (C=O) groups is 1. The summed E-state index contributed by atoms with van der Waals surface area (Å²) >= 11 is 12.0. The third-order valence-electron chi connectivity index (χ3n) is 3.71. The summed E-state index contributed by atoms with van der Waals surface area (Å²) in [4.78, 5) is 13.9. The molecular weight excluding hydrogens is 345 g/mol. The zero-order chi connectivity index (χ0) is 15.2. The van der Waals surface area contributed by atoms with Crippen LogP contribution in [0.4, 0.5) is 0 Å². The van der Waals surface area contributed by atoms with Gasteiger partial charge in [-0.3, -0.25) is 9.69 Å². The number of piperidine rings is 1. The zero-order valence-electron chi connectivity index (χ0n) is 12.4. The van der Waals surface area contributed by atoms with Gasteiger partial charge in [0.25, 0.3) is 0 Å². The lowest BCUT2D eigenvalue weighted by molar-refractivity contribution is -0.121. The summed E-state index contributed by atoms with van der Waals surface area (Å²) < 4.78 is 0.